The van der Waals surface area contributed by atoms with Gasteiger partial charge in [-0.15, -0.1) is 0 Å². The van der Waals surface area contributed by atoms with E-state index >= 15 is 0 Å². The molecule has 0 atom stereocenters. The number of hydrogen-bond donors (Lipinski definition) is 1. The SMILES string of the molecule is CC(C)(CCc1cccc2ccccc12)C(=O)O. The van der Waals surface area contributed by atoms with Gasteiger partial charge in [0.2, 0.25) is 0 Å². The summed E-state index contributed by atoms with van der Waals surface area (Å²) in [5, 5.41) is 11.6. The maximum Gasteiger partial charge on any atom is 0.309 e. The number of aryl methyl sites for hydroxylation is 1. The number of hydrogen-bond acceptors (Lipinski definition) is 1. The Bertz CT molecular complexity index is 565. The van der Waals surface area contributed by atoms with E-state index in [0.717, 1.165) is 6.42 Å². The van der Waals surface area contributed by atoms with Gasteiger partial charge in [0.1, 0.15) is 0 Å². The molecule has 0 spiro atoms. The molecule has 2 nitrogen and oxygen atoms in total. The van der Waals surface area contributed by atoms with Crippen molar-refractivity contribution in [3.8, 4) is 0 Å². The lowest BCUT2D eigenvalue weighted by atomic mass is 9.85. The molecule has 0 aromatic heterocycles. The summed E-state index contributed by atoms with van der Waals surface area (Å²) < 4.78 is 0. The molecule has 2 aromatic carbocycles. The van der Waals surface area contributed by atoms with Gasteiger partial charge in [-0.1, -0.05) is 42.5 Å². The summed E-state index contributed by atoms with van der Waals surface area (Å²) in [5.74, 6) is -0.734. The molecule has 2 aromatic rings. The molecular formula is C16H18O2. The molecule has 0 aliphatic rings. The van der Waals surface area contributed by atoms with Gasteiger partial charge < -0.3 is 5.11 Å². The van der Waals surface area contributed by atoms with Gasteiger partial charge in [0.05, 0.1) is 5.41 Å². The van der Waals surface area contributed by atoms with Gasteiger partial charge in [-0.25, -0.2) is 0 Å². The summed E-state index contributed by atoms with van der Waals surface area (Å²) in [6.45, 7) is 3.56. The van der Waals surface area contributed by atoms with Gasteiger partial charge in [0.15, 0.2) is 0 Å². The molecule has 0 bridgehead atoms. The van der Waals surface area contributed by atoms with Crippen LogP contribution >= 0.6 is 0 Å². The van der Waals surface area contributed by atoms with E-state index in [9.17, 15) is 4.79 Å². The minimum atomic E-state index is -0.734. The second-order valence-corrected chi connectivity index (χ2v) is 5.33. The van der Waals surface area contributed by atoms with E-state index in [4.69, 9.17) is 5.11 Å². The fourth-order valence-electron chi connectivity index (χ4n) is 2.06. The van der Waals surface area contributed by atoms with Crippen molar-refractivity contribution < 1.29 is 9.90 Å². The zero-order chi connectivity index (χ0) is 13.2. The summed E-state index contributed by atoms with van der Waals surface area (Å²) in [6.07, 6.45) is 1.44. The van der Waals surface area contributed by atoms with Crippen LogP contribution in [-0.2, 0) is 11.2 Å². The monoisotopic (exact) mass is 242 g/mol. The zero-order valence-corrected chi connectivity index (χ0v) is 10.8. The molecule has 0 heterocycles. The molecule has 0 amide bonds. The first-order valence-electron chi connectivity index (χ1n) is 6.21. The van der Waals surface area contributed by atoms with Gasteiger partial charge in [-0.05, 0) is 43.0 Å². The van der Waals surface area contributed by atoms with Crippen LogP contribution in [0.25, 0.3) is 10.8 Å². The number of carboxylic acid groups (broad SMARTS) is 1. The minimum Gasteiger partial charge on any atom is -0.481 e. The molecule has 2 heteroatoms. The summed E-state index contributed by atoms with van der Waals surface area (Å²) in [5.41, 5.74) is 0.555. The Morgan fingerprint density at radius 1 is 1.11 bits per heavy atom. The van der Waals surface area contributed by atoms with Crippen molar-refractivity contribution in [2.45, 2.75) is 26.7 Å². The van der Waals surface area contributed by atoms with Crippen molar-refractivity contribution >= 4 is 16.7 Å². The first-order valence-corrected chi connectivity index (χ1v) is 6.21. The van der Waals surface area contributed by atoms with Crippen LogP contribution < -0.4 is 0 Å². The van der Waals surface area contributed by atoms with Gasteiger partial charge in [0.25, 0.3) is 0 Å². The molecule has 0 fully saturated rings. The van der Waals surface area contributed by atoms with Crippen LogP contribution in [0, 0.1) is 5.41 Å². The molecule has 0 aliphatic carbocycles. The summed E-state index contributed by atoms with van der Waals surface area (Å²) in [6, 6.07) is 14.4. The molecule has 0 unspecified atom stereocenters. The van der Waals surface area contributed by atoms with E-state index in [1.165, 1.54) is 16.3 Å². The van der Waals surface area contributed by atoms with E-state index in [-0.39, 0.29) is 0 Å². The van der Waals surface area contributed by atoms with Crippen molar-refractivity contribution in [1.82, 2.24) is 0 Å². The third kappa shape index (κ3) is 2.53. The lowest BCUT2D eigenvalue weighted by molar-refractivity contribution is -0.147. The van der Waals surface area contributed by atoms with Crippen LogP contribution in [0.1, 0.15) is 25.8 Å². The molecular weight excluding hydrogens is 224 g/mol. The van der Waals surface area contributed by atoms with E-state index in [0.29, 0.717) is 6.42 Å². The topological polar surface area (TPSA) is 37.3 Å². The number of carboxylic acids is 1. The highest BCUT2D eigenvalue weighted by Crippen LogP contribution is 2.26. The van der Waals surface area contributed by atoms with Crippen LogP contribution in [0.2, 0.25) is 0 Å². The Kier molecular flexibility index (Phi) is 3.37. The number of carbonyl (C=O) groups is 1. The Labute approximate surface area is 107 Å². The van der Waals surface area contributed by atoms with Crippen LogP contribution in [-0.4, -0.2) is 11.1 Å². The highest BCUT2D eigenvalue weighted by Gasteiger charge is 2.26. The van der Waals surface area contributed by atoms with Crippen LogP contribution in [0.3, 0.4) is 0 Å². The largest absolute Gasteiger partial charge is 0.481 e. The molecule has 0 saturated carbocycles. The second kappa shape index (κ2) is 4.81. The predicted octanol–water partition coefficient (Wildman–Crippen LogP) is 3.88. The Hall–Kier alpha value is -1.83. The van der Waals surface area contributed by atoms with E-state index in [1.807, 2.05) is 18.2 Å². The zero-order valence-electron chi connectivity index (χ0n) is 10.8. The van der Waals surface area contributed by atoms with Crippen molar-refractivity contribution in [1.29, 1.82) is 0 Å². The smallest absolute Gasteiger partial charge is 0.309 e. The third-order valence-corrected chi connectivity index (χ3v) is 3.48. The molecule has 0 saturated heterocycles. The molecule has 0 aliphatic heterocycles. The quantitative estimate of drug-likeness (QED) is 0.883. The highest BCUT2D eigenvalue weighted by molar-refractivity contribution is 5.85. The summed E-state index contributed by atoms with van der Waals surface area (Å²) >= 11 is 0. The van der Waals surface area contributed by atoms with Crippen LogP contribution in [0.4, 0.5) is 0 Å². The molecule has 1 N–H and O–H groups in total. The maximum atomic E-state index is 11.1. The van der Waals surface area contributed by atoms with E-state index in [1.54, 1.807) is 13.8 Å². The van der Waals surface area contributed by atoms with Gasteiger partial charge in [0, 0.05) is 0 Å². The Morgan fingerprint density at radius 3 is 2.50 bits per heavy atom. The first-order chi connectivity index (χ1) is 8.50. The lowest BCUT2D eigenvalue weighted by Gasteiger charge is -2.19. The van der Waals surface area contributed by atoms with Crippen LogP contribution in [0.5, 0.6) is 0 Å². The minimum absolute atomic E-state index is 0.649. The normalized spacial score (nSPS) is 11.7. The van der Waals surface area contributed by atoms with Crippen molar-refractivity contribution in [3.63, 3.8) is 0 Å². The van der Waals surface area contributed by atoms with E-state index < -0.39 is 11.4 Å². The third-order valence-electron chi connectivity index (χ3n) is 3.48. The molecule has 2 rings (SSSR count). The average Bonchev–Trinajstić information content (AvgIpc) is 2.36. The summed E-state index contributed by atoms with van der Waals surface area (Å²) in [4.78, 5) is 11.1. The molecule has 94 valence electrons. The number of rotatable bonds is 4. The standard InChI is InChI=1S/C16H18O2/c1-16(2,15(17)18)11-10-13-8-5-7-12-6-3-4-9-14(12)13/h3-9H,10-11H2,1-2H3,(H,17,18). The van der Waals surface area contributed by atoms with Crippen molar-refractivity contribution in [2.24, 2.45) is 5.41 Å². The lowest BCUT2D eigenvalue weighted by Crippen LogP contribution is -2.24. The van der Waals surface area contributed by atoms with Gasteiger partial charge >= 0.3 is 5.97 Å². The molecule has 18 heavy (non-hydrogen) atoms. The number of benzene rings is 2. The Morgan fingerprint density at radius 2 is 1.78 bits per heavy atom. The fraction of sp³-hybridized carbons (Fsp3) is 0.312. The second-order valence-electron chi connectivity index (χ2n) is 5.33. The molecule has 0 radical (unpaired) electrons. The first kappa shape index (κ1) is 12.6. The predicted molar refractivity (Wildman–Crippen MR) is 73.7 cm³/mol. The van der Waals surface area contributed by atoms with Gasteiger partial charge in [-0.2, -0.15) is 0 Å². The highest BCUT2D eigenvalue weighted by atomic mass is 16.4. The fourth-order valence-corrected chi connectivity index (χ4v) is 2.06. The van der Waals surface area contributed by atoms with Gasteiger partial charge in [-0.3, -0.25) is 4.79 Å². The summed E-state index contributed by atoms with van der Waals surface area (Å²) in [7, 11) is 0. The van der Waals surface area contributed by atoms with Crippen LogP contribution in [0.15, 0.2) is 42.5 Å². The van der Waals surface area contributed by atoms with Crippen molar-refractivity contribution in [2.75, 3.05) is 0 Å². The maximum absolute atomic E-state index is 11.1. The number of fused-ring (bicyclic) bond motifs is 1. The van der Waals surface area contributed by atoms with E-state index in [2.05, 4.69) is 24.3 Å². The Balaban J connectivity index is 2.25. The average molecular weight is 242 g/mol. The van der Waals surface area contributed by atoms with Crippen molar-refractivity contribution in [3.05, 3.63) is 48.0 Å². The number of aliphatic carboxylic acids is 1.